The van der Waals surface area contributed by atoms with Crippen LogP contribution in [0.2, 0.25) is 0 Å². The fourth-order valence-corrected chi connectivity index (χ4v) is 1.20. The lowest BCUT2D eigenvalue weighted by atomic mass is 10.0. The number of halogens is 1. The molecule has 0 spiro atoms. The third-order valence-corrected chi connectivity index (χ3v) is 1.97. The first kappa shape index (κ1) is 11.9. The molecule has 0 atom stereocenters. The predicted molar refractivity (Wildman–Crippen MR) is 54.4 cm³/mol. The molecular formula is C11H9FO4. The molecule has 84 valence electrons. The SMILES string of the molecule is Cc1cc(/C(=C/C(=O)O)C(=O)O)ccc1F. The average molecular weight is 224 g/mol. The summed E-state index contributed by atoms with van der Waals surface area (Å²) >= 11 is 0. The van der Waals surface area contributed by atoms with E-state index in [0.29, 0.717) is 6.08 Å². The Bertz CT molecular complexity index is 477. The highest BCUT2D eigenvalue weighted by molar-refractivity contribution is 6.19. The molecule has 0 aliphatic rings. The normalized spacial score (nSPS) is 11.2. The van der Waals surface area contributed by atoms with Gasteiger partial charge in [0.2, 0.25) is 0 Å². The zero-order valence-electron chi connectivity index (χ0n) is 8.40. The molecule has 5 heteroatoms. The van der Waals surface area contributed by atoms with Gasteiger partial charge in [0.1, 0.15) is 5.82 Å². The molecule has 0 heterocycles. The topological polar surface area (TPSA) is 74.6 Å². The molecule has 0 aliphatic carbocycles. The summed E-state index contributed by atoms with van der Waals surface area (Å²) in [5.74, 6) is -3.20. The molecule has 0 amide bonds. The second-order valence-electron chi connectivity index (χ2n) is 3.17. The molecule has 0 saturated carbocycles. The minimum atomic E-state index is -1.37. The number of aryl methyl sites for hydroxylation is 1. The van der Waals surface area contributed by atoms with E-state index in [1.54, 1.807) is 0 Å². The van der Waals surface area contributed by atoms with E-state index in [0.717, 1.165) is 6.07 Å². The van der Waals surface area contributed by atoms with Crippen LogP contribution in [-0.4, -0.2) is 22.2 Å². The molecule has 0 unspecified atom stereocenters. The monoisotopic (exact) mass is 224 g/mol. The van der Waals surface area contributed by atoms with Crippen molar-refractivity contribution in [3.05, 3.63) is 41.2 Å². The second kappa shape index (κ2) is 4.57. The van der Waals surface area contributed by atoms with Crippen molar-refractivity contribution in [2.75, 3.05) is 0 Å². The number of carboxylic acid groups (broad SMARTS) is 2. The van der Waals surface area contributed by atoms with Gasteiger partial charge < -0.3 is 10.2 Å². The maximum atomic E-state index is 12.9. The highest BCUT2D eigenvalue weighted by Gasteiger charge is 2.13. The molecule has 0 aliphatic heterocycles. The fraction of sp³-hybridized carbons (Fsp3) is 0.0909. The number of carbonyl (C=O) groups is 2. The third-order valence-electron chi connectivity index (χ3n) is 1.97. The Morgan fingerprint density at radius 1 is 1.31 bits per heavy atom. The number of hydrogen-bond acceptors (Lipinski definition) is 2. The first-order valence-electron chi connectivity index (χ1n) is 4.36. The molecular weight excluding hydrogens is 215 g/mol. The van der Waals surface area contributed by atoms with Gasteiger partial charge in [-0.25, -0.2) is 14.0 Å². The number of benzene rings is 1. The quantitative estimate of drug-likeness (QED) is 0.766. The zero-order chi connectivity index (χ0) is 12.3. The van der Waals surface area contributed by atoms with Crippen LogP contribution in [0.1, 0.15) is 11.1 Å². The van der Waals surface area contributed by atoms with Gasteiger partial charge in [0.25, 0.3) is 0 Å². The van der Waals surface area contributed by atoms with E-state index in [9.17, 15) is 14.0 Å². The maximum absolute atomic E-state index is 12.9. The molecule has 0 saturated heterocycles. The Hall–Kier alpha value is -2.17. The van der Waals surface area contributed by atoms with Crippen molar-refractivity contribution in [1.82, 2.24) is 0 Å². The van der Waals surface area contributed by atoms with Crippen molar-refractivity contribution in [2.45, 2.75) is 6.92 Å². The summed E-state index contributed by atoms with van der Waals surface area (Å²) in [4.78, 5) is 21.2. The van der Waals surface area contributed by atoms with Crippen LogP contribution in [0.15, 0.2) is 24.3 Å². The van der Waals surface area contributed by atoms with E-state index < -0.39 is 17.8 Å². The van der Waals surface area contributed by atoms with E-state index in [1.807, 2.05) is 0 Å². The summed E-state index contributed by atoms with van der Waals surface area (Å²) in [6.07, 6.45) is 0.578. The molecule has 1 rings (SSSR count). The van der Waals surface area contributed by atoms with Crippen LogP contribution >= 0.6 is 0 Å². The van der Waals surface area contributed by atoms with Crippen LogP contribution < -0.4 is 0 Å². The zero-order valence-corrected chi connectivity index (χ0v) is 8.40. The van der Waals surface area contributed by atoms with Crippen LogP contribution in [0.4, 0.5) is 4.39 Å². The lowest BCUT2D eigenvalue weighted by Gasteiger charge is -2.03. The van der Waals surface area contributed by atoms with Crippen molar-refractivity contribution in [3.63, 3.8) is 0 Å². The maximum Gasteiger partial charge on any atom is 0.336 e. The van der Waals surface area contributed by atoms with Crippen LogP contribution in [0.3, 0.4) is 0 Å². The van der Waals surface area contributed by atoms with E-state index in [4.69, 9.17) is 10.2 Å². The molecule has 0 aromatic heterocycles. The summed E-state index contributed by atoms with van der Waals surface area (Å²) in [7, 11) is 0. The largest absolute Gasteiger partial charge is 0.478 e. The highest BCUT2D eigenvalue weighted by atomic mass is 19.1. The lowest BCUT2D eigenvalue weighted by molar-refractivity contribution is -0.133. The van der Waals surface area contributed by atoms with Crippen LogP contribution in [-0.2, 0) is 9.59 Å². The smallest absolute Gasteiger partial charge is 0.336 e. The Morgan fingerprint density at radius 2 is 1.94 bits per heavy atom. The van der Waals surface area contributed by atoms with Gasteiger partial charge in [-0.3, -0.25) is 0 Å². The Labute approximate surface area is 90.6 Å². The van der Waals surface area contributed by atoms with Crippen molar-refractivity contribution >= 4 is 17.5 Å². The standard InChI is InChI=1S/C11H9FO4/c1-6-4-7(2-3-9(6)12)8(11(15)16)5-10(13)14/h2-5H,1H3,(H,13,14)(H,15,16)/b8-5-. The summed E-state index contributed by atoms with van der Waals surface area (Å²) in [5.41, 5.74) is 0.0411. The molecule has 1 aromatic rings. The van der Waals surface area contributed by atoms with Gasteiger partial charge in [-0.05, 0) is 30.2 Å². The van der Waals surface area contributed by atoms with Gasteiger partial charge >= 0.3 is 11.9 Å². The Balaban J connectivity index is 3.27. The molecule has 1 aromatic carbocycles. The summed E-state index contributed by atoms with van der Waals surface area (Å²) in [6.45, 7) is 1.47. The first-order chi connectivity index (χ1) is 7.41. The molecule has 0 fully saturated rings. The van der Waals surface area contributed by atoms with Gasteiger partial charge in [-0.15, -0.1) is 0 Å². The van der Waals surface area contributed by atoms with Crippen molar-refractivity contribution in [2.24, 2.45) is 0 Å². The Morgan fingerprint density at radius 3 is 2.38 bits per heavy atom. The summed E-state index contributed by atoms with van der Waals surface area (Å²) in [6, 6.07) is 3.62. The van der Waals surface area contributed by atoms with E-state index in [-0.39, 0.29) is 16.7 Å². The minimum Gasteiger partial charge on any atom is -0.478 e. The average Bonchev–Trinajstić information content (AvgIpc) is 2.18. The van der Waals surface area contributed by atoms with Crippen LogP contribution in [0.25, 0.3) is 5.57 Å². The fourth-order valence-electron chi connectivity index (χ4n) is 1.20. The molecule has 2 N–H and O–H groups in total. The number of aliphatic carboxylic acids is 2. The third kappa shape index (κ3) is 2.66. The lowest BCUT2D eigenvalue weighted by Crippen LogP contribution is -2.03. The number of rotatable bonds is 3. The molecule has 0 radical (unpaired) electrons. The van der Waals surface area contributed by atoms with E-state index >= 15 is 0 Å². The van der Waals surface area contributed by atoms with Crippen LogP contribution in [0, 0.1) is 12.7 Å². The number of carboxylic acids is 2. The van der Waals surface area contributed by atoms with Gasteiger partial charge in [-0.1, -0.05) is 6.07 Å². The van der Waals surface area contributed by atoms with Gasteiger partial charge in [0.05, 0.1) is 5.57 Å². The van der Waals surface area contributed by atoms with Gasteiger partial charge in [-0.2, -0.15) is 0 Å². The highest BCUT2D eigenvalue weighted by Crippen LogP contribution is 2.18. The molecule has 4 nitrogen and oxygen atoms in total. The summed E-state index contributed by atoms with van der Waals surface area (Å²) in [5, 5.41) is 17.3. The van der Waals surface area contributed by atoms with Gasteiger partial charge in [0, 0.05) is 6.08 Å². The van der Waals surface area contributed by atoms with Crippen molar-refractivity contribution in [3.8, 4) is 0 Å². The first-order valence-corrected chi connectivity index (χ1v) is 4.36. The molecule has 16 heavy (non-hydrogen) atoms. The Kier molecular flexibility index (Phi) is 3.40. The van der Waals surface area contributed by atoms with Crippen molar-refractivity contribution in [1.29, 1.82) is 0 Å². The van der Waals surface area contributed by atoms with Crippen molar-refractivity contribution < 1.29 is 24.2 Å². The molecule has 0 bridgehead atoms. The predicted octanol–water partition coefficient (Wildman–Crippen LogP) is 1.69. The summed E-state index contributed by atoms with van der Waals surface area (Å²) < 4.78 is 12.9. The minimum absolute atomic E-state index is 0.161. The van der Waals surface area contributed by atoms with Gasteiger partial charge in [0.15, 0.2) is 0 Å². The van der Waals surface area contributed by atoms with E-state index in [2.05, 4.69) is 0 Å². The second-order valence-corrected chi connectivity index (χ2v) is 3.17. The van der Waals surface area contributed by atoms with Crippen LogP contribution in [0.5, 0.6) is 0 Å². The van der Waals surface area contributed by atoms with E-state index in [1.165, 1.54) is 19.1 Å². The number of hydrogen-bond donors (Lipinski definition) is 2.